The lowest BCUT2D eigenvalue weighted by molar-refractivity contribution is -0.130. The fourth-order valence-electron chi connectivity index (χ4n) is 6.21. The van der Waals surface area contributed by atoms with Gasteiger partial charge >= 0.3 is 0 Å². The zero-order chi connectivity index (χ0) is 36.5. The maximum absolute atomic E-state index is 13.3. The maximum Gasteiger partial charge on any atom is 0.246 e. The molecule has 0 N–H and O–H groups in total. The van der Waals surface area contributed by atoms with E-state index < -0.39 is 0 Å². The average Bonchev–Trinajstić information content (AvgIpc) is 3.14. The van der Waals surface area contributed by atoms with Gasteiger partial charge in [0.05, 0.1) is 17.8 Å². The number of carbonyl (C=O) groups excluding carboxylic acids is 1. The molecular weight excluding hydrogens is 670 g/mol. The number of halogens is 1. The first-order valence-electron chi connectivity index (χ1n) is 17.8. The first-order valence-corrected chi connectivity index (χ1v) is 18.2. The summed E-state index contributed by atoms with van der Waals surface area (Å²) in [4.78, 5) is 22.0. The van der Waals surface area contributed by atoms with Crippen molar-refractivity contribution in [1.29, 1.82) is 0 Å². The fourth-order valence-corrected chi connectivity index (χ4v) is 6.52. The Hall–Kier alpha value is -5.11. The summed E-state index contributed by atoms with van der Waals surface area (Å²) in [7, 11) is 0. The third-order valence-electron chi connectivity index (χ3n) is 9.22. The minimum absolute atomic E-state index is 0.00709. The van der Waals surface area contributed by atoms with E-state index >= 15 is 0 Å². The monoisotopic (exact) mass is 715 g/mol. The number of hydrogen-bond donors (Lipinski definition) is 0. The molecule has 52 heavy (non-hydrogen) atoms. The summed E-state index contributed by atoms with van der Waals surface area (Å²) in [5, 5.41) is 0.444. The van der Waals surface area contributed by atoms with Gasteiger partial charge in [0, 0.05) is 50.8 Å². The summed E-state index contributed by atoms with van der Waals surface area (Å²) in [6.45, 7) is 12.4. The Bertz CT molecular complexity index is 1940. The quantitative estimate of drug-likeness (QED) is 0.113. The third-order valence-corrected chi connectivity index (χ3v) is 9.50. The maximum atomic E-state index is 13.3. The molecule has 1 aliphatic rings. The molecule has 6 rings (SSSR count). The van der Waals surface area contributed by atoms with E-state index in [2.05, 4.69) is 91.3 Å². The summed E-state index contributed by atoms with van der Waals surface area (Å²) in [5.74, 6) is 2.49. The van der Waals surface area contributed by atoms with Gasteiger partial charge in [0.1, 0.15) is 18.1 Å². The largest absolute Gasteiger partial charge is 0.493 e. The standard InChI is InChI=1S/C44H46ClN3O4/c1-31-5-9-37(10-6-31)30-51-40-18-19-42(46-27-40)52-44-33(3)25-38(26-41(44)45)15-20-43(49)48-23-22-47(28-34(48)4)29-36-13-11-35(12-14-36)21-24-50-39-16-7-32(2)8-17-39/h5-20,25-27,34H,21-24,28-30H2,1-4H3/t34-/m1/s1. The Labute approximate surface area is 312 Å². The molecule has 1 fully saturated rings. The van der Waals surface area contributed by atoms with E-state index in [4.69, 9.17) is 25.8 Å². The number of piperazine rings is 1. The molecule has 1 atom stereocenters. The summed E-state index contributed by atoms with van der Waals surface area (Å²) >= 11 is 6.65. The van der Waals surface area contributed by atoms with Crippen molar-refractivity contribution >= 4 is 23.6 Å². The summed E-state index contributed by atoms with van der Waals surface area (Å²) in [6, 6.07) is 32.6. The molecule has 0 spiro atoms. The summed E-state index contributed by atoms with van der Waals surface area (Å²) < 4.78 is 17.8. The minimum atomic E-state index is -0.00709. The smallest absolute Gasteiger partial charge is 0.246 e. The van der Waals surface area contributed by atoms with Crippen LogP contribution in [0.1, 0.15) is 45.9 Å². The van der Waals surface area contributed by atoms with E-state index in [0.717, 1.165) is 48.5 Å². The molecule has 0 saturated carbocycles. The number of aromatic nitrogens is 1. The highest BCUT2D eigenvalue weighted by atomic mass is 35.5. The lowest BCUT2D eigenvalue weighted by Crippen LogP contribution is -2.53. The molecule has 0 radical (unpaired) electrons. The molecule has 0 bridgehead atoms. The summed E-state index contributed by atoms with van der Waals surface area (Å²) in [5.41, 5.74) is 7.72. The van der Waals surface area contributed by atoms with E-state index in [9.17, 15) is 4.79 Å². The molecule has 1 amide bonds. The highest BCUT2D eigenvalue weighted by molar-refractivity contribution is 6.32. The van der Waals surface area contributed by atoms with Crippen molar-refractivity contribution in [3.05, 3.63) is 153 Å². The lowest BCUT2D eigenvalue weighted by Gasteiger charge is -2.39. The van der Waals surface area contributed by atoms with E-state index in [1.165, 1.54) is 22.3 Å². The van der Waals surface area contributed by atoms with Gasteiger partial charge in [-0.25, -0.2) is 4.98 Å². The van der Waals surface area contributed by atoms with Crippen LogP contribution in [-0.4, -0.2) is 53.0 Å². The van der Waals surface area contributed by atoms with Crippen LogP contribution in [0.3, 0.4) is 0 Å². The lowest BCUT2D eigenvalue weighted by atomic mass is 10.1. The number of pyridine rings is 1. The van der Waals surface area contributed by atoms with Crippen LogP contribution in [0.4, 0.5) is 0 Å². The van der Waals surface area contributed by atoms with Crippen LogP contribution in [0.15, 0.2) is 109 Å². The Morgan fingerprint density at radius 1 is 0.827 bits per heavy atom. The van der Waals surface area contributed by atoms with Gasteiger partial charge in [-0.15, -0.1) is 0 Å². The van der Waals surface area contributed by atoms with Crippen molar-refractivity contribution in [3.63, 3.8) is 0 Å². The molecular formula is C44H46ClN3O4. The average molecular weight is 716 g/mol. The second-order valence-electron chi connectivity index (χ2n) is 13.5. The van der Waals surface area contributed by atoms with Gasteiger partial charge in [0.25, 0.3) is 0 Å². The number of hydrogen-bond acceptors (Lipinski definition) is 6. The summed E-state index contributed by atoms with van der Waals surface area (Å²) in [6.07, 6.45) is 5.95. The van der Waals surface area contributed by atoms with Gasteiger partial charge in [-0.2, -0.15) is 0 Å². The van der Waals surface area contributed by atoms with Crippen LogP contribution in [0, 0.1) is 20.8 Å². The van der Waals surface area contributed by atoms with E-state index in [1.54, 1.807) is 24.4 Å². The molecule has 2 heterocycles. The molecule has 7 nitrogen and oxygen atoms in total. The van der Waals surface area contributed by atoms with Crippen molar-refractivity contribution < 1.29 is 19.0 Å². The molecule has 1 aliphatic heterocycles. The molecule has 1 aromatic heterocycles. The van der Waals surface area contributed by atoms with Crippen molar-refractivity contribution in [2.24, 2.45) is 0 Å². The molecule has 268 valence electrons. The third kappa shape index (κ3) is 10.2. The van der Waals surface area contributed by atoms with Gasteiger partial charge in [0.15, 0.2) is 5.75 Å². The van der Waals surface area contributed by atoms with Crippen LogP contribution in [0.25, 0.3) is 6.08 Å². The molecule has 0 aliphatic carbocycles. The van der Waals surface area contributed by atoms with Crippen molar-refractivity contribution in [2.75, 3.05) is 26.2 Å². The number of nitrogens with zero attached hydrogens (tertiary/aromatic N) is 3. The number of aryl methyl sites for hydroxylation is 3. The van der Waals surface area contributed by atoms with Gasteiger partial charge in [-0.1, -0.05) is 83.4 Å². The number of benzene rings is 4. The van der Waals surface area contributed by atoms with Gasteiger partial charge in [-0.3, -0.25) is 9.69 Å². The minimum Gasteiger partial charge on any atom is -0.493 e. The first kappa shape index (κ1) is 36.7. The Kier molecular flexibility index (Phi) is 12.3. The molecule has 0 unspecified atom stereocenters. The molecule has 4 aromatic carbocycles. The van der Waals surface area contributed by atoms with Crippen LogP contribution >= 0.6 is 11.6 Å². The highest BCUT2D eigenvalue weighted by Crippen LogP contribution is 2.34. The van der Waals surface area contributed by atoms with E-state index in [1.807, 2.05) is 42.2 Å². The van der Waals surface area contributed by atoms with E-state index in [-0.39, 0.29) is 11.9 Å². The molecule has 8 heteroatoms. The zero-order valence-corrected chi connectivity index (χ0v) is 31.1. The van der Waals surface area contributed by atoms with Crippen LogP contribution < -0.4 is 14.2 Å². The van der Waals surface area contributed by atoms with Crippen molar-refractivity contribution in [1.82, 2.24) is 14.8 Å². The van der Waals surface area contributed by atoms with Crippen LogP contribution in [0.5, 0.6) is 23.1 Å². The van der Waals surface area contributed by atoms with Crippen LogP contribution in [-0.2, 0) is 24.4 Å². The van der Waals surface area contributed by atoms with Crippen LogP contribution in [0.2, 0.25) is 5.02 Å². The Morgan fingerprint density at radius 3 is 2.17 bits per heavy atom. The van der Waals surface area contributed by atoms with Crippen molar-refractivity contribution in [2.45, 2.75) is 53.3 Å². The SMILES string of the molecule is Cc1ccc(COc2ccc(Oc3c(C)cc(C=CC(=O)N4CCN(Cc5ccc(CCOc6ccc(C)cc6)cc5)C[C@H]4C)cc3Cl)nc2)cc1. The number of amides is 1. The predicted molar refractivity (Wildman–Crippen MR) is 208 cm³/mol. The van der Waals surface area contributed by atoms with Gasteiger partial charge < -0.3 is 19.1 Å². The molecule has 1 saturated heterocycles. The topological polar surface area (TPSA) is 64.1 Å². The number of rotatable bonds is 13. The van der Waals surface area contributed by atoms with E-state index in [0.29, 0.717) is 42.2 Å². The predicted octanol–water partition coefficient (Wildman–Crippen LogP) is 9.40. The normalized spacial score (nSPS) is 14.8. The fraction of sp³-hybridized carbons (Fsp3) is 0.273. The zero-order valence-electron chi connectivity index (χ0n) is 30.3. The van der Waals surface area contributed by atoms with Gasteiger partial charge in [-0.05, 0) is 91.9 Å². The Morgan fingerprint density at radius 2 is 1.50 bits per heavy atom. The van der Waals surface area contributed by atoms with Crippen molar-refractivity contribution in [3.8, 4) is 23.1 Å². The highest BCUT2D eigenvalue weighted by Gasteiger charge is 2.26. The molecule has 5 aromatic rings. The number of ether oxygens (including phenoxy) is 3. The first-order chi connectivity index (χ1) is 25.2. The second-order valence-corrected chi connectivity index (χ2v) is 13.9. The Balaban J connectivity index is 0.953. The van der Waals surface area contributed by atoms with Gasteiger partial charge in [0.2, 0.25) is 11.8 Å². The number of carbonyl (C=O) groups is 1. The second kappa shape index (κ2) is 17.4.